The quantitative estimate of drug-likeness (QED) is 0.660. The van der Waals surface area contributed by atoms with Gasteiger partial charge in [0.25, 0.3) is 0 Å². The highest BCUT2D eigenvalue weighted by Crippen LogP contribution is 2.25. The van der Waals surface area contributed by atoms with Gasteiger partial charge in [-0.3, -0.25) is 0 Å². The number of nitrogens with zero attached hydrogens (tertiary/aromatic N) is 1. The number of hydrogen-bond acceptors (Lipinski definition) is 5. The van der Waals surface area contributed by atoms with Crippen molar-refractivity contribution in [2.24, 2.45) is 5.14 Å². The first-order valence-electron chi connectivity index (χ1n) is 6.07. The van der Waals surface area contributed by atoms with E-state index in [1.807, 2.05) is 18.7 Å². The van der Waals surface area contributed by atoms with Crippen molar-refractivity contribution in [2.45, 2.75) is 31.2 Å². The highest BCUT2D eigenvalue weighted by atomic mass is 32.2. The van der Waals surface area contributed by atoms with Gasteiger partial charge in [0.1, 0.15) is 4.90 Å². The third kappa shape index (κ3) is 4.09. The van der Waals surface area contributed by atoms with Gasteiger partial charge in [-0.25, -0.2) is 13.6 Å². The number of sulfonamides is 1. The van der Waals surface area contributed by atoms with E-state index >= 15 is 0 Å². The van der Waals surface area contributed by atoms with Crippen molar-refractivity contribution in [2.75, 3.05) is 23.8 Å². The lowest BCUT2D eigenvalue weighted by Crippen LogP contribution is -2.32. The minimum atomic E-state index is -3.80. The molecule has 6 nitrogen and oxygen atoms in total. The fraction of sp³-hybridized carbons (Fsp3) is 0.500. The van der Waals surface area contributed by atoms with Gasteiger partial charge in [-0.1, -0.05) is 0 Å². The molecule has 5 N–H and O–H groups in total. The highest BCUT2D eigenvalue weighted by Gasteiger charge is 2.16. The van der Waals surface area contributed by atoms with Crippen LogP contribution < -0.4 is 15.8 Å². The third-order valence-corrected chi connectivity index (χ3v) is 3.80. The van der Waals surface area contributed by atoms with Gasteiger partial charge in [-0.2, -0.15) is 0 Å². The van der Waals surface area contributed by atoms with Crippen LogP contribution in [0.1, 0.15) is 20.3 Å². The van der Waals surface area contributed by atoms with E-state index < -0.39 is 10.0 Å². The molecule has 108 valence electrons. The molecular weight excluding hydrogens is 266 g/mol. The van der Waals surface area contributed by atoms with Crippen molar-refractivity contribution >= 4 is 21.4 Å². The van der Waals surface area contributed by atoms with E-state index in [0.29, 0.717) is 13.0 Å². The maximum absolute atomic E-state index is 11.3. The lowest BCUT2D eigenvalue weighted by atomic mass is 10.2. The number of anilines is 2. The Morgan fingerprint density at radius 1 is 1.37 bits per heavy atom. The zero-order chi connectivity index (χ0) is 14.6. The van der Waals surface area contributed by atoms with E-state index in [2.05, 4.69) is 0 Å². The lowest BCUT2D eigenvalue weighted by Gasteiger charge is -2.29. The Morgan fingerprint density at radius 3 is 2.42 bits per heavy atom. The summed E-state index contributed by atoms with van der Waals surface area (Å²) < 4.78 is 22.6. The summed E-state index contributed by atoms with van der Waals surface area (Å²) in [5, 5.41) is 14.0. The predicted molar refractivity (Wildman–Crippen MR) is 76.4 cm³/mol. The number of primary sulfonamides is 1. The number of aliphatic hydroxyl groups is 1. The van der Waals surface area contributed by atoms with E-state index in [1.165, 1.54) is 6.07 Å². The predicted octanol–water partition coefficient (Wildman–Crippen LogP) is 0.513. The maximum Gasteiger partial charge on any atom is 0.240 e. The Balaban J connectivity index is 3.10. The van der Waals surface area contributed by atoms with Crippen LogP contribution in [0.15, 0.2) is 23.1 Å². The minimum Gasteiger partial charge on any atom is -0.398 e. The van der Waals surface area contributed by atoms with Crippen molar-refractivity contribution in [3.05, 3.63) is 18.2 Å². The van der Waals surface area contributed by atoms with E-state index in [1.54, 1.807) is 12.1 Å². The van der Waals surface area contributed by atoms with Gasteiger partial charge < -0.3 is 15.7 Å². The molecule has 0 aromatic heterocycles. The fourth-order valence-electron chi connectivity index (χ4n) is 1.90. The summed E-state index contributed by atoms with van der Waals surface area (Å²) in [6.45, 7) is 4.80. The molecule has 0 aliphatic rings. The molecule has 0 saturated heterocycles. The molecule has 0 atom stereocenters. The van der Waals surface area contributed by atoms with Crippen molar-refractivity contribution in [1.29, 1.82) is 0 Å². The highest BCUT2D eigenvalue weighted by molar-refractivity contribution is 7.89. The molecule has 0 aliphatic heterocycles. The molecule has 1 aromatic carbocycles. The minimum absolute atomic E-state index is 0.0675. The van der Waals surface area contributed by atoms with Gasteiger partial charge >= 0.3 is 0 Å². The molecule has 0 spiro atoms. The average molecular weight is 287 g/mol. The van der Waals surface area contributed by atoms with Gasteiger partial charge in [0, 0.05) is 24.9 Å². The molecule has 0 amide bonds. The van der Waals surface area contributed by atoms with Crippen LogP contribution in [0.4, 0.5) is 11.4 Å². The van der Waals surface area contributed by atoms with E-state index in [9.17, 15) is 8.42 Å². The summed E-state index contributed by atoms with van der Waals surface area (Å²) in [5.74, 6) is 0. The fourth-order valence-corrected chi connectivity index (χ4v) is 2.55. The van der Waals surface area contributed by atoms with E-state index in [0.717, 1.165) is 5.69 Å². The van der Waals surface area contributed by atoms with Gasteiger partial charge in [0.2, 0.25) is 10.0 Å². The van der Waals surface area contributed by atoms with E-state index in [4.69, 9.17) is 16.0 Å². The Labute approximate surface area is 114 Å². The van der Waals surface area contributed by atoms with Crippen molar-refractivity contribution in [1.82, 2.24) is 0 Å². The largest absolute Gasteiger partial charge is 0.398 e. The number of hydrogen-bond donors (Lipinski definition) is 3. The standard InChI is InChI=1S/C12H21N3O3S/c1-9(2)15(6-3-7-16)10-4-5-12(11(13)8-10)19(14,17)18/h4-5,8-9,16H,3,6-7,13H2,1-2H3,(H2,14,17,18). The number of nitrogens with two attached hydrogens (primary N) is 2. The molecule has 0 fully saturated rings. The smallest absolute Gasteiger partial charge is 0.240 e. The van der Waals surface area contributed by atoms with Crippen LogP contribution in [0.3, 0.4) is 0 Å². The van der Waals surface area contributed by atoms with Crippen LogP contribution in [0, 0.1) is 0 Å². The topological polar surface area (TPSA) is 110 Å². The third-order valence-electron chi connectivity index (χ3n) is 2.81. The second-order valence-electron chi connectivity index (χ2n) is 4.63. The van der Waals surface area contributed by atoms with Crippen LogP contribution in [0.2, 0.25) is 0 Å². The van der Waals surface area contributed by atoms with Crippen LogP contribution in [-0.2, 0) is 10.0 Å². The molecule has 1 rings (SSSR count). The number of aliphatic hydroxyl groups excluding tert-OH is 1. The number of benzene rings is 1. The van der Waals surface area contributed by atoms with Crippen LogP contribution >= 0.6 is 0 Å². The summed E-state index contributed by atoms with van der Waals surface area (Å²) >= 11 is 0. The molecule has 1 aromatic rings. The SMILES string of the molecule is CC(C)N(CCCO)c1ccc(S(N)(=O)=O)c(N)c1. The Bertz CT molecular complexity index is 529. The van der Waals surface area contributed by atoms with Crippen LogP contribution in [0.5, 0.6) is 0 Å². The second kappa shape index (κ2) is 6.23. The maximum atomic E-state index is 11.3. The number of nitrogen functional groups attached to an aromatic ring is 1. The molecule has 7 heteroatoms. The summed E-state index contributed by atoms with van der Waals surface area (Å²) in [6.07, 6.45) is 0.634. The Hall–Kier alpha value is -1.31. The summed E-state index contributed by atoms with van der Waals surface area (Å²) in [7, 11) is -3.80. The number of rotatable bonds is 6. The first kappa shape index (κ1) is 15.7. The van der Waals surface area contributed by atoms with Gasteiger partial charge in [0.15, 0.2) is 0 Å². The average Bonchev–Trinajstić information content (AvgIpc) is 2.27. The van der Waals surface area contributed by atoms with Gasteiger partial charge in [-0.05, 0) is 38.5 Å². The molecule has 0 unspecified atom stereocenters. The molecule has 0 bridgehead atoms. The Morgan fingerprint density at radius 2 is 2.00 bits per heavy atom. The second-order valence-corrected chi connectivity index (χ2v) is 6.16. The Kier molecular flexibility index (Phi) is 5.16. The van der Waals surface area contributed by atoms with Crippen LogP contribution in [0.25, 0.3) is 0 Å². The summed E-state index contributed by atoms with van der Waals surface area (Å²) in [4.78, 5) is 1.97. The summed E-state index contributed by atoms with van der Waals surface area (Å²) in [6, 6.07) is 4.89. The molecule has 0 heterocycles. The first-order valence-corrected chi connectivity index (χ1v) is 7.62. The van der Waals surface area contributed by atoms with Crippen molar-refractivity contribution < 1.29 is 13.5 Å². The normalized spacial score (nSPS) is 11.8. The summed E-state index contributed by atoms with van der Waals surface area (Å²) in [5.41, 5.74) is 6.69. The molecular formula is C12H21N3O3S. The first-order chi connectivity index (χ1) is 8.77. The van der Waals surface area contributed by atoms with Crippen molar-refractivity contribution in [3.8, 4) is 0 Å². The molecule has 0 saturated carbocycles. The molecule has 0 aliphatic carbocycles. The molecule has 0 radical (unpaired) electrons. The molecule has 19 heavy (non-hydrogen) atoms. The lowest BCUT2D eigenvalue weighted by molar-refractivity contribution is 0.288. The van der Waals surface area contributed by atoms with E-state index in [-0.39, 0.29) is 23.2 Å². The zero-order valence-electron chi connectivity index (χ0n) is 11.2. The van der Waals surface area contributed by atoms with Crippen LogP contribution in [-0.4, -0.2) is 32.7 Å². The monoisotopic (exact) mass is 287 g/mol. The zero-order valence-corrected chi connectivity index (χ0v) is 12.0. The van der Waals surface area contributed by atoms with Gasteiger partial charge in [0.05, 0.1) is 5.69 Å². The van der Waals surface area contributed by atoms with Gasteiger partial charge in [-0.15, -0.1) is 0 Å². The van der Waals surface area contributed by atoms with Crippen molar-refractivity contribution in [3.63, 3.8) is 0 Å².